The smallest absolute Gasteiger partial charge is 0.305 e. The van der Waals surface area contributed by atoms with Crippen molar-refractivity contribution in [1.82, 2.24) is 9.55 Å². The van der Waals surface area contributed by atoms with E-state index < -0.39 is 0 Å². The Balaban J connectivity index is 2.09. The maximum Gasteiger partial charge on any atom is 0.305 e. The van der Waals surface area contributed by atoms with Crippen molar-refractivity contribution in [2.45, 2.75) is 53.0 Å². The topological polar surface area (TPSA) is 61.2 Å². The molecule has 0 atom stereocenters. The summed E-state index contributed by atoms with van der Waals surface area (Å²) in [6, 6.07) is 6.27. The first-order valence-corrected chi connectivity index (χ1v) is 10.5. The molecular formula is C22H26N2O3S. The summed E-state index contributed by atoms with van der Waals surface area (Å²) in [4.78, 5) is 30.4. The summed E-state index contributed by atoms with van der Waals surface area (Å²) in [5, 5.41) is 2.70. The highest BCUT2D eigenvalue weighted by molar-refractivity contribution is 7.17. The van der Waals surface area contributed by atoms with Crippen LogP contribution >= 0.6 is 11.3 Å². The molecule has 0 unspecified atom stereocenters. The first-order chi connectivity index (χ1) is 13.5. The average Bonchev–Trinajstić information content (AvgIpc) is 3.10. The molecular weight excluding hydrogens is 372 g/mol. The Bertz CT molecular complexity index is 1070. The summed E-state index contributed by atoms with van der Waals surface area (Å²) in [5.41, 5.74) is 4.38. The van der Waals surface area contributed by atoms with Crippen LogP contribution in [0.2, 0.25) is 0 Å². The van der Waals surface area contributed by atoms with E-state index in [2.05, 4.69) is 39.0 Å². The lowest BCUT2D eigenvalue weighted by Crippen LogP contribution is -2.25. The van der Waals surface area contributed by atoms with Gasteiger partial charge in [0.15, 0.2) is 0 Å². The van der Waals surface area contributed by atoms with Crippen LogP contribution in [0.1, 0.15) is 43.1 Å². The highest BCUT2D eigenvalue weighted by Gasteiger charge is 2.17. The molecule has 3 rings (SSSR count). The van der Waals surface area contributed by atoms with Gasteiger partial charge in [0.1, 0.15) is 10.7 Å². The minimum Gasteiger partial charge on any atom is -0.469 e. The van der Waals surface area contributed by atoms with Gasteiger partial charge in [0.25, 0.3) is 5.56 Å². The molecule has 0 saturated carbocycles. The van der Waals surface area contributed by atoms with Crippen molar-refractivity contribution in [2.75, 3.05) is 7.11 Å². The van der Waals surface area contributed by atoms with Gasteiger partial charge in [0, 0.05) is 30.3 Å². The van der Waals surface area contributed by atoms with Crippen molar-refractivity contribution >= 4 is 27.5 Å². The number of carbonyl (C=O) groups is 1. The van der Waals surface area contributed by atoms with Gasteiger partial charge in [-0.15, -0.1) is 11.3 Å². The Hall–Kier alpha value is -2.47. The van der Waals surface area contributed by atoms with E-state index in [4.69, 9.17) is 9.72 Å². The number of benzene rings is 1. The molecule has 0 bridgehead atoms. The Labute approximate surface area is 169 Å². The van der Waals surface area contributed by atoms with Crippen LogP contribution < -0.4 is 5.56 Å². The van der Waals surface area contributed by atoms with Crippen LogP contribution in [0.4, 0.5) is 0 Å². The third-order valence-electron chi connectivity index (χ3n) is 5.05. The van der Waals surface area contributed by atoms with Gasteiger partial charge in [-0.25, -0.2) is 4.98 Å². The molecule has 0 aliphatic rings. The fraction of sp³-hybridized carbons (Fsp3) is 0.409. The predicted octanol–water partition coefficient (Wildman–Crippen LogP) is 4.65. The first kappa shape index (κ1) is 20.3. The van der Waals surface area contributed by atoms with E-state index in [1.54, 1.807) is 4.57 Å². The lowest BCUT2D eigenvalue weighted by atomic mass is 10.0. The zero-order valence-corrected chi connectivity index (χ0v) is 17.7. The predicted molar refractivity (Wildman–Crippen MR) is 114 cm³/mol. The first-order valence-electron chi connectivity index (χ1n) is 9.61. The molecule has 3 aromatic rings. The number of rotatable bonds is 7. The van der Waals surface area contributed by atoms with Crippen molar-refractivity contribution in [3.05, 3.63) is 50.9 Å². The Morgan fingerprint density at radius 1 is 1.25 bits per heavy atom. The number of fused-ring (bicyclic) bond motifs is 1. The van der Waals surface area contributed by atoms with Crippen LogP contribution in [0.3, 0.4) is 0 Å². The van der Waals surface area contributed by atoms with E-state index in [0.717, 1.165) is 34.6 Å². The van der Waals surface area contributed by atoms with Crippen LogP contribution in [-0.2, 0) is 22.5 Å². The third-order valence-corrected chi connectivity index (χ3v) is 5.93. The molecule has 0 spiro atoms. The van der Waals surface area contributed by atoms with Gasteiger partial charge in [-0.2, -0.15) is 0 Å². The number of hydrogen-bond acceptors (Lipinski definition) is 5. The Morgan fingerprint density at radius 2 is 2.04 bits per heavy atom. The zero-order valence-electron chi connectivity index (χ0n) is 16.9. The minimum absolute atomic E-state index is 0.0206. The number of nitrogens with zero attached hydrogens (tertiary/aromatic N) is 2. The van der Waals surface area contributed by atoms with E-state index in [-0.39, 0.29) is 11.5 Å². The summed E-state index contributed by atoms with van der Waals surface area (Å²) < 4.78 is 6.45. The molecule has 1 aromatic carbocycles. The minimum atomic E-state index is -0.259. The van der Waals surface area contributed by atoms with Gasteiger partial charge in [0.2, 0.25) is 0 Å². The van der Waals surface area contributed by atoms with Gasteiger partial charge >= 0.3 is 5.97 Å². The molecule has 0 saturated heterocycles. The monoisotopic (exact) mass is 398 g/mol. The highest BCUT2D eigenvalue weighted by atomic mass is 32.1. The van der Waals surface area contributed by atoms with E-state index >= 15 is 0 Å². The quantitative estimate of drug-likeness (QED) is 0.544. The molecule has 6 heteroatoms. The standard InChI is InChI=1S/C22H26N2O3S/c1-5-7-18-23-21-20(22(26)24(18)11-6-8-19(25)27-4)17(13-28-21)16-10-9-14(2)15(3)12-16/h9-10,12-13H,5-8,11H2,1-4H3. The van der Waals surface area contributed by atoms with Gasteiger partial charge in [-0.1, -0.05) is 25.1 Å². The molecule has 2 aromatic heterocycles. The van der Waals surface area contributed by atoms with Crippen molar-refractivity contribution in [3.8, 4) is 11.1 Å². The van der Waals surface area contributed by atoms with Crippen LogP contribution in [0.5, 0.6) is 0 Å². The number of thiophene rings is 1. The number of aryl methyl sites for hydroxylation is 3. The Morgan fingerprint density at radius 3 is 2.71 bits per heavy atom. The molecule has 0 radical (unpaired) electrons. The average molecular weight is 399 g/mol. The maximum absolute atomic E-state index is 13.4. The number of esters is 1. The lowest BCUT2D eigenvalue weighted by Gasteiger charge is -2.12. The van der Waals surface area contributed by atoms with Gasteiger partial charge in [-0.05, 0) is 43.4 Å². The fourth-order valence-corrected chi connectivity index (χ4v) is 4.27. The normalized spacial score (nSPS) is 11.1. The number of hydrogen-bond donors (Lipinski definition) is 0. The highest BCUT2D eigenvalue weighted by Crippen LogP contribution is 2.32. The maximum atomic E-state index is 13.4. The van der Waals surface area contributed by atoms with Gasteiger partial charge < -0.3 is 4.74 Å². The third kappa shape index (κ3) is 4.02. The summed E-state index contributed by atoms with van der Waals surface area (Å²) in [6.45, 7) is 6.70. The molecule has 0 N–H and O–H groups in total. The SMILES string of the molecule is CCCc1nc2scc(-c3ccc(C)c(C)c3)c2c(=O)n1CCCC(=O)OC. The largest absolute Gasteiger partial charge is 0.469 e. The summed E-state index contributed by atoms with van der Waals surface area (Å²) >= 11 is 1.52. The van der Waals surface area contributed by atoms with Crippen molar-refractivity contribution in [2.24, 2.45) is 0 Å². The van der Waals surface area contributed by atoms with E-state index in [0.29, 0.717) is 24.8 Å². The molecule has 148 valence electrons. The number of carbonyl (C=O) groups excluding carboxylic acids is 1. The zero-order chi connectivity index (χ0) is 20.3. The summed E-state index contributed by atoms with van der Waals surface area (Å²) in [6.07, 6.45) is 2.49. The van der Waals surface area contributed by atoms with Crippen LogP contribution in [-0.4, -0.2) is 22.6 Å². The van der Waals surface area contributed by atoms with Gasteiger partial charge in [-0.3, -0.25) is 14.2 Å². The number of ether oxygens (including phenoxy) is 1. The van der Waals surface area contributed by atoms with E-state index in [1.165, 1.54) is 29.6 Å². The lowest BCUT2D eigenvalue weighted by molar-refractivity contribution is -0.140. The molecule has 28 heavy (non-hydrogen) atoms. The summed E-state index contributed by atoms with van der Waals surface area (Å²) in [5.74, 6) is 0.531. The second-order valence-corrected chi connectivity index (χ2v) is 7.90. The van der Waals surface area contributed by atoms with Crippen molar-refractivity contribution in [1.29, 1.82) is 0 Å². The van der Waals surface area contributed by atoms with Gasteiger partial charge in [0.05, 0.1) is 12.5 Å². The molecule has 0 amide bonds. The van der Waals surface area contributed by atoms with Crippen molar-refractivity contribution in [3.63, 3.8) is 0 Å². The van der Waals surface area contributed by atoms with Crippen molar-refractivity contribution < 1.29 is 9.53 Å². The molecule has 0 aliphatic heterocycles. The van der Waals surface area contributed by atoms with E-state index in [1.807, 2.05) is 5.38 Å². The number of methoxy groups -OCH3 is 1. The van der Waals surface area contributed by atoms with Crippen LogP contribution in [0.15, 0.2) is 28.4 Å². The fourth-order valence-electron chi connectivity index (χ4n) is 3.32. The second-order valence-electron chi connectivity index (χ2n) is 7.04. The molecule has 5 nitrogen and oxygen atoms in total. The van der Waals surface area contributed by atoms with Crippen LogP contribution in [0.25, 0.3) is 21.3 Å². The summed E-state index contributed by atoms with van der Waals surface area (Å²) in [7, 11) is 1.38. The molecule has 2 heterocycles. The van der Waals surface area contributed by atoms with Crippen LogP contribution in [0, 0.1) is 13.8 Å². The Kier molecular flexibility index (Phi) is 6.29. The molecule has 0 fully saturated rings. The molecule has 0 aliphatic carbocycles. The number of aromatic nitrogens is 2. The second kappa shape index (κ2) is 8.69. The van der Waals surface area contributed by atoms with E-state index in [9.17, 15) is 9.59 Å².